The first-order valence-corrected chi connectivity index (χ1v) is 6.32. The van der Waals surface area contributed by atoms with Crippen LogP contribution in [-0.2, 0) is 0 Å². The van der Waals surface area contributed by atoms with Gasteiger partial charge in [-0.05, 0) is 18.2 Å². The van der Waals surface area contributed by atoms with Crippen molar-refractivity contribution in [2.75, 3.05) is 0 Å². The average molecular weight is 365 g/mol. The molecule has 4 nitrogen and oxygen atoms in total. The second-order valence-electron chi connectivity index (χ2n) is 3.67. The van der Waals surface area contributed by atoms with Crippen molar-refractivity contribution in [2.24, 2.45) is 0 Å². The third-order valence-corrected chi connectivity index (χ3v) is 3.09. The fourth-order valence-corrected chi connectivity index (χ4v) is 1.91. The number of nitrogens with zero attached hydrogens (tertiary/aromatic N) is 1. The minimum absolute atomic E-state index is 0.274. The summed E-state index contributed by atoms with van der Waals surface area (Å²) in [4.78, 5) is 10.1. The van der Waals surface area contributed by atoms with Gasteiger partial charge in [-0.2, -0.15) is 0 Å². The molecule has 0 amide bonds. The second kappa shape index (κ2) is 5.72. The maximum atomic E-state index is 13.5. The van der Waals surface area contributed by atoms with Gasteiger partial charge in [-0.1, -0.05) is 27.5 Å². The number of benzene rings is 2. The van der Waals surface area contributed by atoms with Crippen LogP contribution in [0.4, 0.5) is 14.5 Å². The third-order valence-electron chi connectivity index (χ3n) is 2.31. The van der Waals surface area contributed by atoms with Gasteiger partial charge in [0.25, 0.3) is 0 Å². The molecule has 0 fully saturated rings. The van der Waals surface area contributed by atoms with Gasteiger partial charge in [0.2, 0.25) is 5.75 Å². The zero-order chi connectivity index (χ0) is 14.9. The van der Waals surface area contributed by atoms with Crippen molar-refractivity contribution in [3.05, 3.63) is 61.6 Å². The van der Waals surface area contributed by atoms with E-state index in [1.807, 2.05) is 0 Å². The Morgan fingerprint density at radius 3 is 2.50 bits per heavy atom. The van der Waals surface area contributed by atoms with Gasteiger partial charge in [-0.25, -0.2) is 8.78 Å². The Morgan fingerprint density at radius 2 is 1.85 bits per heavy atom. The van der Waals surface area contributed by atoms with Gasteiger partial charge in [0.1, 0.15) is 5.82 Å². The predicted octanol–water partition coefficient (Wildman–Crippen LogP) is 5.08. The summed E-state index contributed by atoms with van der Waals surface area (Å²) in [5.74, 6) is -2.35. The lowest BCUT2D eigenvalue weighted by molar-refractivity contribution is -0.385. The van der Waals surface area contributed by atoms with E-state index in [-0.39, 0.29) is 5.75 Å². The van der Waals surface area contributed by atoms with Crippen molar-refractivity contribution < 1.29 is 18.4 Å². The molecule has 0 aliphatic carbocycles. The van der Waals surface area contributed by atoms with Crippen LogP contribution in [0.3, 0.4) is 0 Å². The molecule has 2 rings (SSSR count). The molecule has 0 atom stereocenters. The smallest absolute Gasteiger partial charge is 0.313 e. The lowest BCUT2D eigenvalue weighted by Gasteiger charge is -2.08. The number of halogens is 4. The molecule has 2 aromatic rings. The van der Waals surface area contributed by atoms with E-state index >= 15 is 0 Å². The van der Waals surface area contributed by atoms with Gasteiger partial charge in [-0.3, -0.25) is 10.1 Å². The second-order valence-corrected chi connectivity index (χ2v) is 4.99. The van der Waals surface area contributed by atoms with Crippen LogP contribution >= 0.6 is 27.5 Å². The monoisotopic (exact) mass is 363 g/mol. The van der Waals surface area contributed by atoms with Gasteiger partial charge in [0, 0.05) is 16.6 Å². The molecular weight excluding hydrogens is 359 g/mol. The van der Waals surface area contributed by atoms with Gasteiger partial charge in [0.15, 0.2) is 11.6 Å². The molecule has 0 aromatic heterocycles. The quantitative estimate of drug-likeness (QED) is 0.563. The zero-order valence-electron chi connectivity index (χ0n) is 9.57. The van der Waals surface area contributed by atoms with E-state index < -0.39 is 33.0 Å². The SMILES string of the molecule is O=[N+]([O-])c1cc(Cl)c(F)cc1Oc1cc(Br)ccc1F. The van der Waals surface area contributed by atoms with E-state index in [0.717, 1.165) is 18.2 Å². The topological polar surface area (TPSA) is 52.4 Å². The standard InChI is InChI=1S/C12H5BrClF2NO3/c13-6-1-2-8(15)11(3-6)20-12-5-9(16)7(14)4-10(12)17(18)19/h1-5H. The molecule has 2 aromatic carbocycles. The van der Waals surface area contributed by atoms with Crippen LogP contribution in [0, 0.1) is 21.7 Å². The molecule has 0 N–H and O–H groups in total. The zero-order valence-corrected chi connectivity index (χ0v) is 11.9. The van der Waals surface area contributed by atoms with E-state index in [0.29, 0.717) is 4.47 Å². The number of nitro groups is 1. The first-order valence-electron chi connectivity index (χ1n) is 5.15. The van der Waals surface area contributed by atoms with E-state index in [4.69, 9.17) is 16.3 Å². The first-order chi connectivity index (χ1) is 9.38. The Labute approximate surface area is 125 Å². The highest BCUT2D eigenvalue weighted by atomic mass is 79.9. The van der Waals surface area contributed by atoms with Crippen molar-refractivity contribution in [2.45, 2.75) is 0 Å². The molecule has 0 radical (unpaired) electrons. The number of nitro benzene ring substituents is 1. The van der Waals surface area contributed by atoms with Crippen LogP contribution in [0.25, 0.3) is 0 Å². The van der Waals surface area contributed by atoms with Crippen LogP contribution in [0.2, 0.25) is 5.02 Å². The largest absolute Gasteiger partial charge is 0.447 e. The molecule has 20 heavy (non-hydrogen) atoms. The van der Waals surface area contributed by atoms with Gasteiger partial charge < -0.3 is 4.74 Å². The molecule has 104 valence electrons. The van der Waals surface area contributed by atoms with Crippen LogP contribution in [-0.4, -0.2) is 4.92 Å². The first kappa shape index (κ1) is 14.7. The molecular formula is C12H5BrClF2NO3. The van der Waals surface area contributed by atoms with Gasteiger partial charge in [-0.15, -0.1) is 0 Å². The summed E-state index contributed by atoms with van der Waals surface area (Å²) >= 11 is 8.58. The minimum Gasteiger partial charge on any atom is -0.447 e. The maximum Gasteiger partial charge on any atom is 0.313 e. The fraction of sp³-hybridized carbons (Fsp3) is 0. The number of rotatable bonds is 3. The molecule has 0 unspecified atom stereocenters. The third kappa shape index (κ3) is 3.05. The summed E-state index contributed by atoms with van der Waals surface area (Å²) in [5.41, 5.74) is -0.559. The summed E-state index contributed by atoms with van der Waals surface area (Å²) in [6, 6.07) is 5.35. The average Bonchev–Trinajstić information content (AvgIpc) is 2.37. The van der Waals surface area contributed by atoms with E-state index in [2.05, 4.69) is 15.9 Å². The Hall–Kier alpha value is -1.73. The molecule has 0 saturated heterocycles. The summed E-state index contributed by atoms with van der Waals surface area (Å²) in [6.07, 6.45) is 0. The van der Waals surface area contributed by atoms with Crippen molar-refractivity contribution in [3.63, 3.8) is 0 Å². The molecule has 0 bridgehead atoms. The fourth-order valence-electron chi connectivity index (χ4n) is 1.42. The molecule has 0 aliphatic heterocycles. The van der Waals surface area contributed by atoms with Crippen LogP contribution in [0.5, 0.6) is 11.5 Å². The van der Waals surface area contributed by atoms with E-state index in [1.54, 1.807) is 0 Å². The molecule has 0 heterocycles. The highest BCUT2D eigenvalue weighted by molar-refractivity contribution is 9.10. The van der Waals surface area contributed by atoms with Crippen molar-refractivity contribution >= 4 is 33.2 Å². The highest BCUT2D eigenvalue weighted by Gasteiger charge is 2.21. The Morgan fingerprint density at radius 1 is 1.15 bits per heavy atom. The Bertz CT molecular complexity index is 697. The summed E-state index contributed by atoms with van der Waals surface area (Å²) in [6.45, 7) is 0. The predicted molar refractivity (Wildman–Crippen MR) is 72.2 cm³/mol. The Kier molecular flexibility index (Phi) is 4.20. The lowest BCUT2D eigenvalue weighted by atomic mass is 10.2. The lowest BCUT2D eigenvalue weighted by Crippen LogP contribution is -1.96. The number of ether oxygens (including phenoxy) is 1. The minimum atomic E-state index is -0.900. The maximum absolute atomic E-state index is 13.5. The van der Waals surface area contributed by atoms with E-state index in [1.165, 1.54) is 12.1 Å². The van der Waals surface area contributed by atoms with Crippen molar-refractivity contribution in [1.82, 2.24) is 0 Å². The summed E-state index contributed by atoms with van der Waals surface area (Å²) < 4.78 is 32.5. The van der Waals surface area contributed by atoms with Crippen molar-refractivity contribution in [3.8, 4) is 11.5 Å². The molecule has 8 heteroatoms. The van der Waals surface area contributed by atoms with Gasteiger partial charge >= 0.3 is 5.69 Å². The Balaban J connectivity index is 2.50. The summed E-state index contributed by atoms with van der Waals surface area (Å²) in [5, 5.41) is 10.5. The van der Waals surface area contributed by atoms with Crippen LogP contribution < -0.4 is 4.74 Å². The number of hydrogen-bond donors (Lipinski definition) is 0. The molecule has 0 spiro atoms. The van der Waals surface area contributed by atoms with Crippen LogP contribution in [0.1, 0.15) is 0 Å². The highest BCUT2D eigenvalue weighted by Crippen LogP contribution is 2.36. The van der Waals surface area contributed by atoms with E-state index in [9.17, 15) is 18.9 Å². The summed E-state index contributed by atoms with van der Waals surface area (Å²) in [7, 11) is 0. The van der Waals surface area contributed by atoms with Crippen LogP contribution in [0.15, 0.2) is 34.8 Å². The molecule has 0 aliphatic rings. The van der Waals surface area contributed by atoms with Gasteiger partial charge in [0.05, 0.1) is 9.95 Å². The van der Waals surface area contributed by atoms with Crippen molar-refractivity contribution in [1.29, 1.82) is 0 Å². The normalized spacial score (nSPS) is 10.4. The number of hydrogen-bond acceptors (Lipinski definition) is 3. The molecule has 0 saturated carbocycles.